The molecule has 86 valence electrons. The van der Waals surface area contributed by atoms with Gasteiger partial charge in [-0.1, -0.05) is 34.6 Å². The Kier molecular flexibility index (Phi) is 8.32. The average molecular weight is 234 g/mol. The normalized spacial score (nSPS) is 18.2. The molecule has 3 atom stereocenters. The van der Waals surface area contributed by atoms with E-state index in [2.05, 4.69) is 59.0 Å². The Morgan fingerprint density at radius 3 is 2.07 bits per heavy atom. The number of rotatable bonds is 7. The third-order valence-electron chi connectivity index (χ3n) is 2.60. The van der Waals surface area contributed by atoms with Crippen molar-refractivity contribution in [3.05, 3.63) is 0 Å². The summed E-state index contributed by atoms with van der Waals surface area (Å²) < 4.78 is 0. The van der Waals surface area contributed by atoms with Crippen LogP contribution in [0, 0.1) is 11.8 Å². The van der Waals surface area contributed by atoms with Crippen molar-refractivity contribution in [1.29, 1.82) is 0 Å². The van der Waals surface area contributed by atoms with Crippen LogP contribution in [0.4, 0.5) is 0 Å². The molecule has 0 aliphatic carbocycles. The fourth-order valence-electron chi connectivity index (χ4n) is 1.43. The highest BCUT2D eigenvalue weighted by molar-refractivity contribution is 7.99. The van der Waals surface area contributed by atoms with Crippen molar-refractivity contribution >= 4 is 24.4 Å². The van der Waals surface area contributed by atoms with E-state index >= 15 is 0 Å². The van der Waals surface area contributed by atoms with E-state index in [1.165, 1.54) is 18.6 Å². The van der Waals surface area contributed by atoms with Crippen LogP contribution in [-0.2, 0) is 0 Å². The van der Waals surface area contributed by atoms with E-state index < -0.39 is 0 Å². The molecule has 0 aliphatic rings. The summed E-state index contributed by atoms with van der Waals surface area (Å²) in [5.41, 5.74) is 0. The third kappa shape index (κ3) is 8.05. The van der Waals surface area contributed by atoms with Crippen molar-refractivity contribution in [3.8, 4) is 0 Å². The zero-order valence-electron chi connectivity index (χ0n) is 10.3. The van der Waals surface area contributed by atoms with Gasteiger partial charge in [-0.2, -0.15) is 24.4 Å². The highest BCUT2D eigenvalue weighted by atomic mass is 32.2. The van der Waals surface area contributed by atoms with Gasteiger partial charge in [0, 0.05) is 10.5 Å². The van der Waals surface area contributed by atoms with Gasteiger partial charge in [-0.3, -0.25) is 0 Å². The molecule has 0 saturated carbocycles. The number of thioether (sulfide) groups is 1. The monoisotopic (exact) mass is 234 g/mol. The largest absolute Gasteiger partial charge is 0.176 e. The van der Waals surface area contributed by atoms with Crippen LogP contribution in [0.1, 0.15) is 47.5 Å². The standard InChI is InChI=1S/C12H26S2/c1-9(2)8-11(4)14-7-6-10(3)12(5)13/h9-13H,6-8H2,1-5H3. The number of hydrogen-bond acceptors (Lipinski definition) is 2. The smallest absolute Gasteiger partial charge is 0.00211 e. The molecule has 0 aromatic heterocycles. The molecule has 0 saturated heterocycles. The maximum Gasteiger partial charge on any atom is 0.00211 e. The van der Waals surface area contributed by atoms with Gasteiger partial charge in [0.25, 0.3) is 0 Å². The van der Waals surface area contributed by atoms with Crippen molar-refractivity contribution in [3.63, 3.8) is 0 Å². The van der Waals surface area contributed by atoms with Crippen molar-refractivity contribution in [2.24, 2.45) is 11.8 Å². The molecule has 14 heavy (non-hydrogen) atoms. The Balaban J connectivity index is 3.44. The first-order valence-corrected chi connectivity index (χ1v) is 7.29. The van der Waals surface area contributed by atoms with E-state index in [-0.39, 0.29) is 0 Å². The molecule has 0 spiro atoms. The minimum atomic E-state index is 0.538. The molecule has 0 heterocycles. The molecule has 0 radical (unpaired) electrons. The second kappa shape index (κ2) is 7.92. The first-order chi connectivity index (χ1) is 6.43. The van der Waals surface area contributed by atoms with E-state index in [9.17, 15) is 0 Å². The molecule has 0 bridgehead atoms. The van der Waals surface area contributed by atoms with Gasteiger partial charge in [0.1, 0.15) is 0 Å². The Hall–Kier alpha value is 0.700. The fraction of sp³-hybridized carbons (Fsp3) is 1.00. The molecule has 0 rings (SSSR count). The molecule has 0 nitrogen and oxygen atoms in total. The van der Waals surface area contributed by atoms with Crippen LogP contribution < -0.4 is 0 Å². The molecule has 0 aromatic rings. The molecule has 2 heteroatoms. The molecule has 3 unspecified atom stereocenters. The Morgan fingerprint density at radius 2 is 1.64 bits per heavy atom. The van der Waals surface area contributed by atoms with E-state index in [1.54, 1.807) is 0 Å². The molecular formula is C12H26S2. The van der Waals surface area contributed by atoms with Crippen LogP contribution in [0.5, 0.6) is 0 Å². The van der Waals surface area contributed by atoms with Crippen LogP contribution in [-0.4, -0.2) is 16.3 Å². The molecule has 0 aliphatic heterocycles. The van der Waals surface area contributed by atoms with Gasteiger partial charge in [-0.25, -0.2) is 0 Å². The highest BCUT2D eigenvalue weighted by Gasteiger charge is 2.09. The first-order valence-electron chi connectivity index (χ1n) is 5.73. The van der Waals surface area contributed by atoms with Gasteiger partial charge in [-0.15, -0.1) is 0 Å². The fourth-order valence-corrected chi connectivity index (χ4v) is 3.01. The summed E-state index contributed by atoms with van der Waals surface area (Å²) in [5.74, 6) is 2.87. The summed E-state index contributed by atoms with van der Waals surface area (Å²) in [6.07, 6.45) is 2.65. The Morgan fingerprint density at radius 1 is 1.07 bits per heavy atom. The van der Waals surface area contributed by atoms with Crippen LogP contribution in [0.15, 0.2) is 0 Å². The molecule has 0 fully saturated rings. The summed E-state index contributed by atoms with van der Waals surface area (Å²) in [5, 5.41) is 1.36. The quantitative estimate of drug-likeness (QED) is 0.633. The summed E-state index contributed by atoms with van der Waals surface area (Å²) in [7, 11) is 0. The van der Waals surface area contributed by atoms with Crippen molar-refractivity contribution < 1.29 is 0 Å². The first kappa shape index (κ1) is 14.7. The predicted octanol–water partition coefficient (Wildman–Crippen LogP) is 4.50. The van der Waals surface area contributed by atoms with Crippen molar-refractivity contribution in [1.82, 2.24) is 0 Å². The SMILES string of the molecule is CC(C)CC(C)SCCC(C)C(C)S. The molecule has 0 amide bonds. The topological polar surface area (TPSA) is 0 Å². The van der Waals surface area contributed by atoms with E-state index in [1.807, 2.05) is 0 Å². The Labute approximate surface area is 100 Å². The third-order valence-corrected chi connectivity index (χ3v) is 4.34. The minimum Gasteiger partial charge on any atom is -0.176 e. The molecule has 0 aromatic carbocycles. The van der Waals surface area contributed by atoms with Crippen LogP contribution in [0.3, 0.4) is 0 Å². The second-order valence-corrected chi connectivity index (χ2v) is 7.18. The number of thiol groups is 1. The predicted molar refractivity (Wildman–Crippen MR) is 73.6 cm³/mol. The maximum atomic E-state index is 4.46. The lowest BCUT2D eigenvalue weighted by molar-refractivity contribution is 0.560. The van der Waals surface area contributed by atoms with Gasteiger partial charge in [0.05, 0.1) is 0 Å². The summed E-state index contributed by atoms with van der Waals surface area (Å²) >= 11 is 6.58. The minimum absolute atomic E-state index is 0.538. The van der Waals surface area contributed by atoms with E-state index in [4.69, 9.17) is 0 Å². The lowest BCUT2D eigenvalue weighted by Gasteiger charge is -2.17. The summed E-state index contributed by atoms with van der Waals surface area (Å²) in [4.78, 5) is 0. The van der Waals surface area contributed by atoms with Crippen LogP contribution in [0.2, 0.25) is 0 Å². The summed E-state index contributed by atoms with van der Waals surface area (Å²) in [6, 6.07) is 0. The zero-order valence-corrected chi connectivity index (χ0v) is 12.0. The molecular weight excluding hydrogens is 208 g/mol. The Bertz CT molecular complexity index is 132. The zero-order chi connectivity index (χ0) is 11.1. The van der Waals surface area contributed by atoms with Crippen molar-refractivity contribution in [2.45, 2.75) is 58.0 Å². The lowest BCUT2D eigenvalue weighted by Crippen LogP contribution is -2.09. The van der Waals surface area contributed by atoms with Gasteiger partial charge >= 0.3 is 0 Å². The van der Waals surface area contributed by atoms with Gasteiger partial charge in [0.15, 0.2) is 0 Å². The maximum absolute atomic E-state index is 4.46. The number of hydrogen-bond donors (Lipinski definition) is 1. The van der Waals surface area contributed by atoms with Crippen LogP contribution in [0.25, 0.3) is 0 Å². The summed E-state index contributed by atoms with van der Waals surface area (Å²) in [6.45, 7) is 11.4. The second-order valence-electron chi connectivity index (χ2n) is 4.82. The van der Waals surface area contributed by atoms with Gasteiger partial charge < -0.3 is 0 Å². The van der Waals surface area contributed by atoms with Gasteiger partial charge in [-0.05, 0) is 30.4 Å². The van der Waals surface area contributed by atoms with E-state index in [0.29, 0.717) is 5.25 Å². The lowest BCUT2D eigenvalue weighted by atomic mass is 10.1. The van der Waals surface area contributed by atoms with Crippen LogP contribution >= 0.6 is 24.4 Å². The average Bonchev–Trinajstić information content (AvgIpc) is 2.02. The van der Waals surface area contributed by atoms with Crippen molar-refractivity contribution in [2.75, 3.05) is 5.75 Å². The van der Waals surface area contributed by atoms with E-state index in [0.717, 1.165) is 17.1 Å². The highest BCUT2D eigenvalue weighted by Crippen LogP contribution is 2.22. The molecule has 0 N–H and O–H groups in total. The van der Waals surface area contributed by atoms with Gasteiger partial charge in [0.2, 0.25) is 0 Å².